The second-order valence-electron chi connectivity index (χ2n) is 6.94. The Hall–Kier alpha value is -1.10. The van der Waals surface area contributed by atoms with E-state index in [2.05, 4.69) is 5.32 Å². The molecule has 0 spiro atoms. The molecule has 1 amide bonds. The smallest absolute Gasteiger partial charge is 0.303 e. The number of hydrogen-bond acceptors (Lipinski definition) is 3. The van der Waals surface area contributed by atoms with Gasteiger partial charge in [-0.2, -0.15) is 0 Å². The van der Waals surface area contributed by atoms with Gasteiger partial charge in [0.15, 0.2) is 0 Å². The lowest BCUT2D eigenvalue weighted by Crippen LogP contribution is -2.51. The van der Waals surface area contributed by atoms with Crippen LogP contribution in [-0.2, 0) is 9.59 Å². The van der Waals surface area contributed by atoms with E-state index in [0.29, 0.717) is 24.8 Å². The first-order valence-corrected chi connectivity index (χ1v) is 8.81. The Morgan fingerprint density at radius 2 is 1.91 bits per heavy atom. The van der Waals surface area contributed by atoms with E-state index in [1.165, 1.54) is 25.7 Å². The van der Waals surface area contributed by atoms with Crippen molar-refractivity contribution < 1.29 is 14.7 Å². The van der Waals surface area contributed by atoms with Crippen LogP contribution in [0.4, 0.5) is 0 Å². The lowest BCUT2D eigenvalue weighted by Gasteiger charge is -2.38. The molecule has 1 saturated carbocycles. The third kappa shape index (κ3) is 5.27. The largest absolute Gasteiger partial charge is 0.481 e. The van der Waals surface area contributed by atoms with Crippen LogP contribution in [0.25, 0.3) is 0 Å². The summed E-state index contributed by atoms with van der Waals surface area (Å²) in [5.74, 6) is 0.540. The van der Waals surface area contributed by atoms with Crippen molar-refractivity contribution in [1.29, 1.82) is 0 Å². The first-order valence-electron chi connectivity index (χ1n) is 8.81. The van der Waals surface area contributed by atoms with Crippen molar-refractivity contribution in [2.24, 2.45) is 11.8 Å². The SMILES string of the molecule is CCC(=O)N1CC(CCC(=O)O)CC(NCC2CCCC2)C1. The van der Waals surface area contributed by atoms with Crippen LogP contribution in [0.5, 0.6) is 0 Å². The number of carbonyl (C=O) groups excluding carboxylic acids is 1. The lowest BCUT2D eigenvalue weighted by atomic mass is 9.89. The molecule has 2 rings (SSSR count). The van der Waals surface area contributed by atoms with Gasteiger partial charge in [-0.25, -0.2) is 0 Å². The summed E-state index contributed by atoms with van der Waals surface area (Å²) in [6.07, 6.45) is 7.73. The monoisotopic (exact) mass is 310 g/mol. The van der Waals surface area contributed by atoms with Gasteiger partial charge >= 0.3 is 5.97 Å². The zero-order chi connectivity index (χ0) is 15.9. The molecule has 0 radical (unpaired) electrons. The van der Waals surface area contributed by atoms with Gasteiger partial charge in [0.25, 0.3) is 0 Å². The van der Waals surface area contributed by atoms with Gasteiger partial charge in [-0.15, -0.1) is 0 Å². The minimum atomic E-state index is -0.741. The van der Waals surface area contributed by atoms with E-state index < -0.39 is 5.97 Å². The molecule has 2 aliphatic rings. The molecule has 2 fully saturated rings. The predicted molar refractivity (Wildman–Crippen MR) is 85.6 cm³/mol. The second-order valence-corrected chi connectivity index (χ2v) is 6.94. The topological polar surface area (TPSA) is 69.6 Å². The minimum absolute atomic E-state index is 0.188. The number of nitrogens with one attached hydrogen (secondary N) is 1. The van der Waals surface area contributed by atoms with Gasteiger partial charge in [-0.3, -0.25) is 9.59 Å². The van der Waals surface area contributed by atoms with Gasteiger partial charge in [0, 0.05) is 32.0 Å². The number of likely N-dealkylation sites (tertiary alicyclic amines) is 1. The van der Waals surface area contributed by atoms with E-state index in [-0.39, 0.29) is 12.3 Å². The molecule has 1 aliphatic heterocycles. The molecular weight excluding hydrogens is 280 g/mol. The molecule has 0 bridgehead atoms. The van der Waals surface area contributed by atoms with E-state index in [1.54, 1.807) is 0 Å². The van der Waals surface area contributed by atoms with Crippen molar-refractivity contribution in [2.45, 2.75) is 64.3 Å². The molecule has 0 aromatic rings. The average Bonchev–Trinajstić information content (AvgIpc) is 3.03. The standard InChI is InChI=1S/C17H30N2O3/c1-2-16(20)19-11-14(7-8-17(21)22)9-15(12-19)18-10-13-5-3-4-6-13/h13-15,18H,2-12H2,1H3,(H,21,22). The zero-order valence-electron chi connectivity index (χ0n) is 13.7. The number of hydrogen-bond donors (Lipinski definition) is 2. The zero-order valence-corrected chi connectivity index (χ0v) is 13.7. The number of rotatable bonds is 7. The van der Waals surface area contributed by atoms with Crippen LogP contribution in [0.1, 0.15) is 58.3 Å². The number of aliphatic carboxylic acids is 1. The minimum Gasteiger partial charge on any atom is -0.481 e. The van der Waals surface area contributed by atoms with E-state index in [9.17, 15) is 9.59 Å². The summed E-state index contributed by atoms with van der Waals surface area (Å²) < 4.78 is 0. The number of nitrogens with zero attached hydrogens (tertiary/aromatic N) is 1. The van der Waals surface area contributed by atoms with E-state index >= 15 is 0 Å². The molecule has 2 atom stereocenters. The molecule has 0 aromatic heterocycles. The first kappa shape index (κ1) is 17.3. The summed E-state index contributed by atoms with van der Waals surface area (Å²) in [5, 5.41) is 12.5. The van der Waals surface area contributed by atoms with Crippen molar-refractivity contribution in [1.82, 2.24) is 10.2 Å². The van der Waals surface area contributed by atoms with Crippen LogP contribution in [0.3, 0.4) is 0 Å². The Morgan fingerprint density at radius 3 is 2.55 bits per heavy atom. The van der Waals surface area contributed by atoms with Gasteiger partial charge < -0.3 is 15.3 Å². The summed E-state index contributed by atoms with van der Waals surface area (Å²) in [5.41, 5.74) is 0. The maximum atomic E-state index is 12.0. The highest BCUT2D eigenvalue weighted by Gasteiger charge is 2.30. The fraction of sp³-hybridized carbons (Fsp3) is 0.882. The first-order chi connectivity index (χ1) is 10.6. The highest BCUT2D eigenvalue weighted by molar-refractivity contribution is 5.76. The third-order valence-corrected chi connectivity index (χ3v) is 5.13. The quantitative estimate of drug-likeness (QED) is 0.757. The molecule has 1 heterocycles. The molecule has 5 heteroatoms. The van der Waals surface area contributed by atoms with Gasteiger partial charge in [0.2, 0.25) is 5.91 Å². The van der Waals surface area contributed by atoms with E-state index in [1.807, 2.05) is 11.8 Å². The highest BCUT2D eigenvalue weighted by atomic mass is 16.4. The molecule has 1 aliphatic carbocycles. The summed E-state index contributed by atoms with van der Waals surface area (Å²) in [4.78, 5) is 24.8. The molecule has 126 valence electrons. The van der Waals surface area contributed by atoms with Crippen molar-refractivity contribution in [3.63, 3.8) is 0 Å². The summed E-state index contributed by atoms with van der Waals surface area (Å²) >= 11 is 0. The Kier molecular flexibility index (Phi) is 6.68. The summed E-state index contributed by atoms with van der Waals surface area (Å²) in [7, 11) is 0. The molecule has 22 heavy (non-hydrogen) atoms. The Morgan fingerprint density at radius 1 is 1.18 bits per heavy atom. The van der Waals surface area contributed by atoms with Crippen LogP contribution in [-0.4, -0.2) is 47.6 Å². The predicted octanol–water partition coefficient (Wildman–Crippen LogP) is 2.26. The van der Waals surface area contributed by atoms with Gasteiger partial charge in [0.05, 0.1) is 0 Å². The number of carboxylic acid groups (broad SMARTS) is 1. The maximum Gasteiger partial charge on any atom is 0.303 e. The maximum absolute atomic E-state index is 12.0. The van der Waals surface area contributed by atoms with Crippen molar-refractivity contribution >= 4 is 11.9 Å². The van der Waals surface area contributed by atoms with E-state index in [0.717, 1.165) is 32.0 Å². The van der Waals surface area contributed by atoms with Crippen LogP contribution in [0, 0.1) is 11.8 Å². The molecule has 5 nitrogen and oxygen atoms in total. The number of carbonyl (C=O) groups is 2. The fourth-order valence-electron chi connectivity index (χ4n) is 3.86. The second kappa shape index (κ2) is 8.51. The molecule has 2 unspecified atom stereocenters. The van der Waals surface area contributed by atoms with Gasteiger partial charge in [-0.05, 0) is 44.1 Å². The van der Waals surface area contributed by atoms with Crippen LogP contribution in [0.15, 0.2) is 0 Å². The van der Waals surface area contributed by atoms with Gasteiger partial charge in [-0.1, -0.05) is 19.8 Å². The molecule has 0 aromatic carbocycles. The molecule has 1 saturated heterocycles. The number of amides is 1. The van der Waals surface area contributed by atoms with Crippen molar-refractivity contribution in [3.8, 4) is 0 Å². The number of piperidine rings is 1. The highest BCUT2D eigenvalue weighted by Crippen LogP contribution is 2.26. The summed E-state index contributed by atoms with van der Waals surface area (Å²) in [6, 6.07) is 0.323. The van der Waals surface area contributed by atoms with Crippen molar-refractivity contribution in [3.05, 3.63) is 0 Å². The molecule has 2 N–H and O–H groups in total. The summed E-state index contributed by atoms with van der Waals surface area (Å²) in [6.45, 7) is 4.44. The van der Waals surface area contributed by atoms with Crippen LogP contribution in [0.2, 0.25) is 0 Å². The lowest BCUT2D eigenvalue weighted by molar-refractivity contribution is -0.137. The van der Waals surface area contributed by atoms with E-state index in [4.69, 9.17) is 5.11 Å². The number of carboxylic acids is 1. The Bertz CT molecular complexity index is 380. The van der Waals surface area contributed by atoms with Crippen LogP contribution < -0.4 is 5.32 Å². The third-order valence-electron chi connectivity index (χ3n) is 5.13. The Labute approximate surface area is 133 Å². The van der Waals surface area contributed by atoms with Gasteiger partial charge in [0.1, 0.15) is 0 Å². The molecular formula is C17H30N2O3. The van der Waals surface area contributed by atoms with Crippen molar-refractivity contribution in [2.75, 3.05) is 19.6 Å². The fourth-order valence-corrected chi connectivity index (χ4v) is 3.86. The normalized spacial score (nSPS) is 26.3. The Balaban J connectivity index is 1.86. The van der Waals surface area contributed by atoms with Crippen LogP contribution >= 0.6 is 0 Å². The average molecular weight is 310 g/mol.